The number of aryl methyl sites for hydroxylation is 1. The number of nitrogens with one attached hydrogen (secondary N) is 1. The van der Waals surface area contributed by atoms with Gasteiger partial charge in [0.15, 0.2) is 0 Å². The third-order valence-corrected chi connectivity index (χ3v) is 5.76. The molecule has 1 atom stereocenters. The van der Waals surface area contributed by atoms with E-state index in [0.717, 1.165) is 48.3 Å². The molecule has 1 aliphatic rings. The van der Waals surface area contributed by atoms with Gasteiger partial charge in [0.05, 0.1) is 13.7 Å². The molecule has 0 saturated carbocycles. The van der Waals surface area contributed by atoms with E-state index in [2.05, 4.69) is 35.4 Å². The molecule has 2 aromatic rings. The average Bonchev–Trinajstić information content (AvgIpc) is 2.84. The van der Waals surface area contributed by atoms with E-state index in [1.807, 2.05) is 6.07 Å². The maximum atomic E-state index is 10.7. The van der Waals surface area contributed by atoms with Crippen molar-refractivity contribution in [2.75, 3.05) is 19.0 Å². The van der Waals surface area contributed by atoms with Crippen molar-refractivity contribution < 1.29 is 14.6 Å². The van der Waals surface area contributed by atoms with Crippen LogP contribution in [0.5, 0.6) is 11.5 Å². The van der Waals surface area contributed by atoms with E-state index in [4.69, 9.17) is 9.47 Å². The van der Waals surface area contributed by atoms with E-state index in [9.17, 15) is 5.11 Å². The van der Waals surface area contributed by atoms with Crippen molar-refractivity contribution in [2.24, 2.45) is 0 Å². The van der Waals surface area contributed by atoms with E-state index in [0.29, 0.717) is 30.6 Å². The zero-order valence-electron chi connectivity index (χ0n) is 18.5. The number of anilines is 1. The first-order chi connectivity index (χ1) is 14.7. The van der Waals surface area contributed by atoms with E-state index in [1.54, 1.807) is 13.2 Å². The van der Waals surface area contributed by atoms with E-state index in [-0.39, 0.29) is 5.75 Å². The van der Waals surface area contributed by atoms with Gasteiger partial charge >= 0.3 is 0 Å². The van der Waals surface area contributed by atoms with Crippen LogP contribution in [0, 0.1) is 0 Å². The van der Waals surface area contributed by atoms with Gasteiger partial charge in [-0.05, 0) is 48.9 Å². The fraction of sp³-hybridized carbons (Fsp3) is 0.583. The first-order valence-electron chi connectivity index (χ1n) is 11.3. The summed E-state index contributed by atoms with van der Waals surface area (Å²) in [6.45, 7) is 5.53. The lowest BCUT2D eigenvalue weighted by molar-refractivity contribution is 0.119. The molecule has 0 amide bonds. The van der Waals surface area contributed by atoms with Gasteiger partial charge in [-0.2, -0.15) is 0 Å². The minimum Gasteiger partial charge on any atom is -0.507 e. The van der Waals surface area contributed by atoms with Crippen LogP contribution in [-0.2, 0) is 17.8 Å². The van der Waals surface area contributed by atoms with Crippen molar-refractivity contribution in [1.29, 1.82) is 0 Å². The smallest absolute Gasteiger partial charge is 0.149 e. The number of methoxy groups -OCH3 is 1. The van der Waals surface area contributed by atoms with Crippen molar-refractivity contribution in [3.8, 4) is 22.8 Å². The Morgan fingerprint density at radius 2 is 2.00 bits per heavy atom. The van der Waals surface area contributed by atoms with Crippen LogP contribution in [0.3, 0.4) is 0 Å². The number of rotatable bonds is 9. The summed E-state index contributed by atoms with van der Waals surface area (Å²) in [6, 6.07) is 6.02. The highest BCUT2D eigenvalue weighted by Crippen LogP contribution is 2.38. The van der Waals surface area contributed by atoms with Gasteiger partial charge in [-0.25, -0.2) is 0 Å². The monoisotopic (exact) mass is 413 g/mol. The molecule has 1 aromatic carbocycles. The Bertz CT molecular complexity index is 826. The molecule has 6 nitrogen and oxygen atoms in total. The number of fused-ring (bicyclic) bond motifs is 3. The fourth-order valence-electron chi connectivity index (χ4n) is 4.02. The molecule has 6 heteroatoms. The predicted octanol–water partition coefficient (Wildman–Crippen LogP) is 5.48. The molecule has 3 rings (SSSR count). The standard InChI is InChI=1S/C24H35N3O3/c1-4-6-7-8-11-19(5-2)25-22-14-17-10-9-12-30-16-18-13-20(29-3)15-21(28)23(18)24(17)27-26-22/h13-15,19,28H,4-12,16H2,1-3H3,(H,25,26). The molecule has 0 fully saturated rings. The molecule has 164 valence electrons. The van der Waals surface area contributed by atoms with Crippen LogP contribution in [0.4, 0.5) is 5.82 Å². The molecule has 0 radical (unpaired) electrons. The highest BCUT2D eigenvalue weighted by atomic mass is 16.5. The van der Waals surface area contributed by atoms with Gasteiger partial charge in [0.1, 0.15) is 23.0 Å². The Hall–Kier alpha value is -2.34. The lowest BCUT2D eigenvalue weighted by atomic mass is 9.97. The topological polar surface area (TPSA) is 76.5 Å². The summed E-state index contributed by atoms with van der Waals surface area (Å²) in [7, 11) is 1.59. The normalized spacial score (nSPS) is 14.6. The molecule has 1 unspecified atom stereocenters. The zero-order chi connectivity index (χ0) is 21.3. The number of ether oxygens (including phenoxy) is 2. The molecule has 2 N–H and O–H groups in total. The van der Waals surface area contributed by atoms with E-state index in [1.165, 1.54) is 25.7 Å². The number of hydrogen-bond acceptors (Lipinski definition) is 6. The largest absolute Gasteiger partial charge is 0.507 e. The van der Waals surface area contributed by atoms with Gasteiger partial charge in [0.2, 0.25) is 0 Å². The fourth-order valence-corrected chi connectivity index (χ4v) is 4.02. The van der Waals surface area contributed by atoms with E-state index < -0.39 is 0 Å². The second-order valence-corrected chi connectivity index (χ2v) is 8.04. The van der Waals surface area contributed by atoms with Gasteiger partial charge in [-0.3, -0.25) is 0 Å². The Morgan fingerprint density at radius 3 is 2.77 bits per heavy atom. The maximum Gasteiger partial charge on any atom is 0.149 e. The predicted molar refractivity (Wildman–Crippen MR) is 120 cm³/mol. The maximum absolute atomic E-state index is 10.7. The van der Waals surface area contributed by atoms with Gasteiger partial charge in [0.25, 0.3) is 0 Å². The van der Waals surface area contributed by atoms with Crippen molar-refractivity contribution in [2.45, 2.75) is 77.9 Å². The van der Waals surface area contributed by atoms with Crippen LogP contribution in [0.15, 0.2) is 18.2 Å². The first kappa shape index (κ1) is 22.3. The summed E-state index contributed by atoms with van der Waals surface area (Å²) in [5.41, 5.74) is 3.38. The Labute approximate surface area is 180 Å². The summed E-state index contributed by atoms with van der Waals surface area (Å²) in [4.78, 5) is 0. The zero-order valence-corrected chi connectivity index (χ0v) is 18.5. The van der Waals surface area contributed by atoms with Gasteiger partial charge in [-0.1, -0.05) is 39.5 Å². The lowest BCUT2D eigenvalue weighted by Crippen LogP contribution is -2.19. The number of phenolic OH excluding ortho intramolecular Hbond substituents is 1. The summed E-state index contributed by atoms with van der Waals surface area (Å²) in [6.07, 6.45) is 9.00. The molecule has 2 heterocycles. The summed E-state index contributed by atoms with van der Waals surface area (Å²) in [5.74, 6) is 1.56. The summed E-state index contributed by atoms with van der Waals surface area (Å²) >= 11 is 0. The molecular formula is C24H35N3O3. The number of aromatic nitrogens is 2. The number of nitrogens with zero attached hydrogens (tertiary/aromatic N) is 2. The molecule has 0 saturated heterocycles. The van der Waals surface area contributed by atoms with Crippen LogP contribution in [-0.4, -0.2) is 35.1 Å². The third-order valence-electron chi connectivity index (χ3n) is 5.76. The van der Waals surface area contributed by atoms with Crippen molar-refractivity contribution >= 4 is 5.82 Å². The lowest BCUT2D eigenvalue weighted by Gasteiger charge is -2.19. The number of hydrogen-bond donors (Lipinski definition) is 2. The number of unbranched alkanes of at least 4 members (excludes halogenated alkanes) is 3. The Kier molecular flexibility index (Phi) is 8.31. The Balaban J connectivity index is 1.86. The molecular weight excluding hydrogens is 378 g/mol. The van der Waals surface area contributed by atoms with Gasteiger partial charge in [0, 0.05) is 24.3 Å². The molecule has 0 spiro atoms. The molecule has 30 heavy (non-hydrogen) atoms. The van der Waals surface area contributed by atoms with Crippen molar-refractivity contribution in [3.05, 3.63) is 29.3 Å². The molecule has 1 aliphatic heterocycles. The minimum atomic E-state index is 0.147. The number of aromatic hydroxyl groups is 1. The number of phenols is 1. The van der Waals surface area contributed by atoms with Crippen LogP contribution in [0.1, 0.15) is 69.9 Å². The molecule has 0 aliphatic carbocycles. The number of benzene rings is 1. The van der Waals surface area contributed by atoms with Crippen molar-refractivity contribution in [1.82, 2.24) is 10.2 Å². The quantitative estimate of drug-likeness (QED) is 0.530. The average molecular weight is 414 g/mol. The highest BCUT2D eigenvalue weighted by Gasteiger charge is 2.21. The van der Waals surface area contributed by atoms with Crippen molar-refractivity contribution in [3.63, 3.8) is 0 Å². The van der Waals surface area contributed by atoms with Crippen LogP contribution in [0.2, 0.25) is 0 Å². The summed E-state index contributed by atoms with van der Waals surface area (Å²) in [5, 5.41) is 23.3. The van der Waals surface area contributed by atoms with E-state index >= 15 is 0 Å². The molecule has 0 bridgehead atoms. The van der Waals surface area contributed by atoms with Crippen LogP contribution < -0.4 is 10.1 Å². The second-order valence-electron chi connectivity index (χ2n) is 8.04. The van der Waals surface area contributed by atoms with Crippen LogP contribution >= 0.6 is 0 Å². The third kappa shape index (κ3) is 5.63. The molecule has 1 aromatic heterocycles. The summed E-state index contributed by atoms with van der Waals surface area (Å²) < 4.78 is 11.1. The highest BCUT2D eigenvalue weighted by molar-refractivity contribution is 5.75. The SMILES string of the molecule is CCCCCCC(CC)Nc1cc2c(nn1)-c1c(O)cc(OC)cc1COCCC2. The van der Waals surface area contributed by atoms with Gasteiger partial charge < -0.3 is 19.9 Å². The minimum absolute atomic E-state index is 0.147. The van der Waals surface area contributed by atoms with Crippen LogP contribution in [0.25, 0.3) is 11.3 Å². The first-order valence-corrected chi connectivity index (χ1v) is 11.3. The second kappa shape index (κ2) is 11.2. The van der Waals surface area contributed by atoms with Gasteiger partial charge in [-0.15, -0.1) is 10.2 Å². The Morgan fingerprint density at radius 1 is 1.13 bits per heavy atom.